The maximum atomic E-state index is 5.85. The predicted molar refractivity (Wildman–Crippen MR) is 81.1 cm³/mol. The average molecular weight is 288 g/mol. The molecular formula is C14H20N6O. The first-order valence-electron chi connectivity index (χ1n) is 7.30. The number of nitrogen functional groups attached to an aromatic ring is 1. The van der Waals surface area contributed by atoms with Gasteiger partial charge in [0.15, 0.2) is 0 Å². The van der Waals surface area contributed by atoms with Gasteiger partial charge in [-0.15, -0.1) is 0 Å². The van der Waals surface area contributed by atoms with E-state index in [2.05, 4.69) is 26.8 Å². The molecule has 1 aliphatic heterocycles. The van der Waals surface area contributed by atoms with Crippen molar-refractivity contribution in [3.63, 3.8) is 0 Å². The van der Waals surface area contributed by atoms with Gasteiger partial charge in [-0.2, -0.15) is 15.0 Å². The minimum Gasteiger partial charge on any atom is -0.467 e. The lowest BCUT2D eigenvalue weighted by molar-refractivity contribution is 0.501. The predicted octanol–water partition coefficient (Wildman–Crippen LogP) is 1.67. The highest BCUT2D eigenvalue weighted by atomic mass is 16.3. The molecule has 0 spiro atoms. The van der Waals surface area contributed by atoms with Gasteiger partial charge in [0, 0.05) is 19.6 Å². The topological polar surface area (TPSA) is 84.3 Å². The zero-order chi connectivity index (χ0) is 14.7. The molecule has 1 aliphatic rings. The summed E-state index contributed by atoms with van der Waals surface area (Å²) in [5, 5.41) is 0. The third-order valence-electron chi connectivity index (χ3n) is 3.61. The monoisotopic (exact) mass is 288 g/mol. The molecule has 1 fully saturated rings. The summed E-state index contributed by atoms with van der Waals surface area (Å²) < 4.78 is 5.39. The molecule has 2 N–H and O–H groups in total. The SMILES string of the molecule is CCN(Cc1ccco1)c1nc(N)nc(N2CCCC2)n1. The largest absolute Gasteiger partial charge is 0.467 e. The Bertz CT molecular complexity index is 579. The summed E-state index contributed by atoms with van der Waals surface area (Å²) >= 11 is 0. The summed E-state index contributed by atoms with van der Waals surface area (Å²) in [4.78, 5) is 17.3. The summed E-state index contributed by atoms with van der Waals surface area (Å²) in [7, 11) is 0. The molecule has 0 saturated carbocycles. The minimum absolute atomic E-state index is 0.264. The van der Waals surface area contributed by atoms with Crippen molar-refractivity contribution in [2.45, 2.75) is 26.3 Å². The molecule has 0 amide bonds. The van der Waals surface area contributed by atoms with Crippen LogP contribution in [0.3, 0.4) is 0 Å². The van der Waals surface area contributed by atoms with E-state index in [1.165, 1.54) is 12.8 Å². The summed E-state index contributed by atoms with van der Waals surface area (Å²) in [5.74, 6) is 2.41. The van der Waals surface area contributed by atoms with Gasteiger partial charge in [-0.3, -0.25) is 0 Å². The summed E-state index contributed by atoms with van der Waals surface area (Å²) in [6, 6.07) is 3.81. The van der Waals surface area contributed by atoms with E-state index in [4.69, 9.17) is 10.2 Å². The molecule has 1 saturated heterocycles. The first-order valence-corrected chi connectivity index (χ1v) is 7.30. The van der Waals surface area contributed by atoms with Crippen LogP contribution in [0.1, 0.15) is 25.5 Å². The van der Waals surface area contributed by atoms with Crippen LogP contribution in [-0.4, -0.2) is 34.6 Å². The molecule has 0 radical (unpaired) electrons. The third kappa shape index (κ3) is 3.07. The molecule has 21 heavy (non-hydrogen) atoms. The molecule has 0 unspecified atom stereocenters. The Balaban J connectivity index is 1.85. The van der Waals surface area contributed by atoms with Gasteiger partial charge in [0.1, 0.15) is 5.76 Å². The van der Waals surface area contributed by atoms with Crippen LogP contribution >= 0.6 is 0 Å². The minimum atomic E-state index is 0.264. The summed E-state index contributed by atoms with van der Waals surface area (Å²) in [6.45, 7) is 5.40. The van der Waals surface area contributed by atoms with Crippen LogP contribution in [0.5, 0.6) is 0 Å². The Labute approximate surface area is 123 Å². The zero-order valence-corrected chi connectivity index (χ0v) is 12.2. The highest BCUT2D eigenvalue weighted by Crippen LogP contribution is 2.20. The molecule has 2 aromatic rings. The molecule has 0 bridgehead atoms. The fraction of sp³-hybridized carbons (Fsp3) is 0.500. The van der Waals surface area contributed by atoms with E-state index in [0.29, 0.717) is 18.4 Å². The molecule has 0 aromatic carbocycles. The van der Waals surface area contributed by atoms with Gasteiger partial charge in [-0.1, -0.05) is 0 Å². The Hall–Kier alpha value is -2.31. The molecule has 2 aromatic heterocycles. The Morgan fingerprint density at radius 3 is 2.76 bits per heavy atom. The maximum absolute atomic E-state index is 5.85. The normalized spacial score (nSPS) is 14.6. The number of hydrogen-bond acceptors (Lipinski definition) is 7. The lowest BCUT2D eigenvalue weighted by atomic mass is 10.4. The lowest BCUT2D eigenvalue weighted by Gasteiger charge is -2.22. The fourth-order valence-electron chi connectivity index (χ4n) is 2.48. The second-order valence-corrected chi connectivity index (χ2v) is 5.08. The summed E-state index contributed by atoms with van der Waals surface area (Å²) in [6.07, 6.45) is 4.01. The zero-order valence-electron chi connectivity index (χ0n) is 12.2. The van der Waals surface area contributed by atoms with Crippen LogP contribution in [0.4, 0.5) is 17.8 Å². The quantitative estimate of drug-likeness (QED) is 0.895. The van der Waals surface area contributed by atoms with E-state index in [0.717, 1.165) is 25.4 Å². The summed E-state index contributed by atoms with van der Waals surface area (Å²) in [5.41, 5.74) is 5.85. The molecular weight excluding hydrogens is 268 g/mol. The van der Waals surface area contributed by atoms with Gasteiger partial charge in [0.05, 0.1) is 12.8 Å². The number of aromatic nitrogens is 3. The van der Waals surface area contributed by atoms with Crippen molar-refractivity contribution in [3.05, 3.63) is 24.2 Å². The van der Waals surface area contributed by atoms with Gasteiger partial charge in [0.2, 0.25) is 17.8 Å². The Morgan fingerprint density at radius 1 is 1.29 bits per heavy atom. The third-order valence-corrected chi connectivity index (χ3v) is 3.61. The average Bonchev–Trinajstić information content (AvgIpc) is 3.17. The van der Waals surface area contributed by atoms with E-state index in [1.807, 2.05) is 17.0 Å². The number of nitrogens with two attached hydrogens (primary N) is 1. The lowest BCUT2D eigenvalue weighted by Crippen LogP contribution is -2.27. The van der Waals surface area contributed by atoms with Crippen molar-refractivity contribution in [1.29, 1.82) is 0 Å². The maximum Gasteiger partial charge on any atom is 0.232 e. The first kappa shape index (κ1) is 13.7. The second kappa shape index (κ2) is 5.99. The number of anilines is 3. The van der Waals surface area contributed by atoms with Gasteiger partial charge < -0.3 is 20.0 Å². The standard InChI is InChI=1S/C14H20N6O/c1-2-19(10-11-6-5-9-21-11)13-16-12(15)17-14(18-13)20-7-3-4-8-20/h5-6,9H,2-4,7-8,10H2,1H3,(H2,15,16,17,18). The smallest absolute Gasteiger partial charge is 0.232 e. The first-order chi connectivity index (χ1) is 10.3. The van der Waals surface area contributed by atoms with Crippen LogP contribution in [-0.2, 0) is 6.54 Å². The van der Waals surface area contributed by atoms with E-state index >= 15 is 0 Å². The van der Waals surface area contributed by atoms with Crippen molar-refractivity contribution < 1.29 is 4.42 Å². The van der Waals surface area contributed by atoms with Crippen molar-refractivity contribution in [2.24, 2.45) is 0 Å². The van der Waals surface area contributed by atoms with Crippen LogP contribution in [0.15, 0.2) is 22.8 Å². The molecule has 7 nitrogen and oxygen atoms in total. The van der Waals surface area contributed by atoms with E-state index in [-0.39, 0.29) is 5.95 Å². The molecule has 3 heterocycles. The molecule has 0 aliphatic carbocycles. The van der Waals surface area contributed by atoms with Crippen molar-refractivity contribution in [2.75, 3.05) is 35.2 Å². The number of hydrogen-bond donors (Lipinski definition) is 1. The Kier molecular flexibility index (Phi) is 3.89. The van der Waals surface area contributed by atoms with Crippen LogP contribution < -0.4 is 15.5 Å². The number of rotatable bonds is 5. The molecule has 0 atom stereocenters. The van der Waals surface area contributed by atoms with Gasteiger partial charge >= 0.3 is 0 Å². The van der Waals surface area contributed by atoms with E-state index in [9.17, 15) is 0 Å². The molecule has 3 rings (SSSR count). The van der Waals surface area contributed by atoms with Crippen molar-refractivity contribution >= 4 is 17.8 Å². The second-order valence-electron chi connectivity index (χ2n) is 5.08. The van der Waals surface area contributed by atoms with Crippen LogP contribution in [0.25, 0.3) is 0 Å². The van der Waals surface area contributed by atoms with Crippen LogP contribution in [0, 0.1) is 0 Å². The fourth-order valence-corrected chi connectivity index (χ4v) is 2.48. The van der Waals surface area contributed by atoms with Crippen molar-refractivity contribution in [3.8, 4) is 0 Å². The number of furan rings is 1. The van der Waals surface area contributed by atoms with Crippen LogP contribution in [0.2, 0.25) is 0 Å². The molecule has 7 heteroatoms. The van der Waals surface area contributed by atoms with E-state index < -0.39 is 0 Å². The highest BCUT2D eigenvalue weighted by Gasteiger charge is 2.19. The van der Waals surface area contributed by atoms with Crippen molar-refractivity contribution in [1.82, 2.24) is 15.0 Å². The van der Waals surface area contributed by atoms with Gasteiger partial charge in [-0.05, 0) is 31.9 Å². The van der Waals surface area contributed by atoms with Gasteiger partial charge in [0.25, 0.3) is 0 Å². The number of nitrogens with zero attached hydrogens (tertiary/aromatic N) is 5. The van der Waals surface area contributed by atoms with E-state index in [1.54, 1.807) is 6.26 Å². The highest BCUT2D eigenvalue weighted by molar-refractivity contribution is 5.44. The Morgan fingerprint density at radius 2 is 2.10 bits per heavy atom. The molecule has 112 valence electrons. The van der Waals surface area contributed by atoms with Gasteiger partial charge in [-0.25, -0.2) is 0 Å².